The van der Waals surface area contributed by atoms with Crippen LogP contribution in [-0.2, 0) is 16.1 Å². The van der Waals surface area contributed by atoms with Gasteiger partial charge >= 0.3 is 0 Å². The van der Waals surface area contributed by atoms with E-state index in [1.807, 2.05) is 30.3 Å². The van der Waals surface area contributed by atoms with E-state index in [1.165, 1.54) is 16.7 Å². The third-order valence-corrected chi connectivity index (χ3v) is 7.19. The molecule has 0 aliphatic carbocycles. The van der Waals surface area contributed by atoms with Crippen molar-refractivity contribution in [2.75, 3.05) is 19.0 Å². The number of hydrogen-bond donors (Lipinski definition) is 1. The van der Waals surface area contributed by atoms with E-state index in [2.05, 4.69) is 15.5 Å². The predicted octanol–water partition coefficient (Wildman–Crippen LogP) is 6.47. The molecule has 1 saturated heterocycles. The Morgan fingerprint density at radius 2 is 1.83 bits per heavy atom. The van der Waals surface area contributed by atoms with E-state index in [-0.39, 0.29) is 25.0 Å². The molecular formula is C31H25ClN4O5S. The van der Waals surface area contributed by atoms with Gasteiger partial charge < -0.3 is 19.2 Å². The number of halogens is 1. The molecule has 0 radical (unpaired) electrons. The van der Waals surface area contributed by atoms with Gasteiger partial charge in [0.1, 0.15) is 17.3 Å². The van der Waals surface area contributed by atoms with Crippen LogP contribution in [0.15, 0.2) is 111 Å². The van der Waals surface area contributed by atoms with Crippen molar-refractivity contribution in [2.24, 2.45) is 10.2 Å². The van der Waals surface area contributed by atoms with Crippen molar-refractivity contribution in [3.63, 3.8) is 0 Å². The van der Waals surface area contributed by atoms with Gasteiger partial charge in [-0.2, -0.15) is 5.10 Å². The molecule has 212 valence electrons. The lowest BCUT2D eigenvalue weighted by atomic mass is 10.2. The number of ether oxygens (including phenoxy) is 2. The number of hydrogen-bond acceptors (Lipinski definition) is 8. The van der Waals surface area contributed by atoms with Gasteiger partial charge in [0, 0.05) is 16.3 Å². The second-order valence-corrected chi connectivity index (χ2v) is 10.3. The van der Waals surface area contributed by atoms with Crippen molar-refractivity contribution in [2.45, 2.75) is 6.54 Å². The smallest absolute Gasteiger partial charge is 0.267 e. The van der Waals surface area contributed by atoms with Crippen LogP contribution >= 0.6 is 23.4 Å². The van der Waals surface area contributed by atoms with Gasteiger partial charge in [0.2, 0.25) is 0 Å². The Morgan fingerprint density at radius 3 is 2.57 bits per heavy atom. The number of carbonyl (C=O) groups excluding carboxylic acids is 2. The fourth-order valence-electron chi connectivity index (χ4n) is 3.86. The first-order chi connectivity index (χ1) is 20.5. The zero-order valence-electron chi connectivity index (χ0n) is 22.4. The highest BCUT2D eigenvalue weighted by atomic mass is 35.5. The molecule has 2 amide bonds. The largest absolute Gasteiger partial charge is 0.497 e. The number of rotatable bonds is 10. The van der Waals surface area contributed by atoms with Crippen LogP contribution in [0.1, 0.15) is 16.9 Å². The number of amidine groups is 1. The average molecular weight is 601 g/mol. The lowest BCUT2D eigenvalue weighted by molar-refractivity contribution is -0.122. The summed E-state index contributed by atoms with van der Waals surface area (Å²) in [5.41, 5.74) is 2.07. The maximum atomic E-state index is 13.5. The molecule has 1 fully saturated rings. The van der Waals surface area contributed by atoms with Gasteiger partial charge in [-0.15, -0.1) is 5.10 Å². The Balaban J connectivity index is 1.33. The number of anilines is 1. The lowest BCUT2D eigenvalue weighted by Crippen LogP contribution is -2.28. The Labute approximate surface area is 251 Å². The molecule has 0 atom stereocenters. The summed E-state index contributed by atoms with van der Waals surface area (Å²) in [4.78, 5) is 27.9. The molecule has 0 bridgehead atoms. The summed E-state index contributed by atoms with van der Waals surface area (Å²) >= 11 is 7.09. The van der Waals surface area contributed by atoms with Crippen molar-refractivity contribution in [3.8, 4) is 11.5 Å². The topological polar surface area (TPSA) is 106 Å². The molecule has 0 spiro atoms. The molecule has 9 nitrogen and oxygen atoms in total. The van der Waals surface area contributed by atoms with Crippen LogP contribution in [0.25, 0.3) is 6.08 Å². The van der Waals surface area contributed by atoms with Crippen LogP contribution in [0.5, 0.6) is 11.5 Å². The molecule has 0 saturated carbocycles. The van der Waals surface area contributed by atoms with E-state index in [1.54, 1.807) is 80.3 Å². The molecule has 42 heavy (non-hydrogen) atoms. The minimum atomic E-state index is -0.333. The summed E-state index contributed by atoms with van der Waals surface area (Å²) < 4.78 is 16.5. The summed E-state index contributed by atoms with van der Waals surface area (Å²) in [5.74, 6) is 1.20. The zero-order chi connectivity index (χ0) is 29.3. The number of benzene rings is 3. The van der Waals surface area contributed by atoms with Gasteiger partial charge in [-0.05, 0) is 90.1 Å². The summed E-state index contributed by atoms with van der Waals surface area (Å²) in [7, 11) is 1.60. The second-order valence-electron chi connectivity index (χ2n) is 8.86. The highest BCUT2D eigenvalue weighted by molar-refractivity contribution is 8.18. The fourth-order valence-corrected chi connectivity index (χ4v) is 4.91. The highest BCUT2D eigenvalue weighted by Crippen LogP contribution is 2.35. The van der Waals surface area contributed by atoms with Gasteiger partial charge in [0.05, 0.1) is 31.0 Å². The van der Waals surface area contributed by atoms with E-state index in [0.717, 1.165) is 11.3 Å². The van der Waals surface area contributed by atoms with Crippen LogP contribution in [0.4, 0.5) is 5.69 Å². The summed E-state index contributed by atoms with van der Waals surface area (Å²) in [5, 5.41) is 12.3. The monoisotopic (exact) mass is 600 g/mol. The normalized spacial score (nSPS) is 15.1. The molecular weight excluding hydrogens is 576 g/mol. The van der Waals surface area contributed by atoms with Gasteiger partial charge in [-0.25, -0.2) is 0 Å². The Bertz CT molecular complexity index is 1630. The maximum absolute atomic E-state index is 13.5. The van der Waals surface area contributed by atoms with Crippen LogP contribution in [-0.4, -0.2) is 41.8 Å². The van der Waals surface area contributed by atoms with Crippen LogP contribution in [0, 0.1) is 0 Å². The van der Waals surface area contributed by atoms with Crippen molar-refractivity contribution < 1.29 is 23.5 Å². The number of carbonyl (C=O) groups is 2. The van der Waals surface area contributed by atoms with Gasteiger partial charge in [0.25, 0.3) is 11.8 Å². The summed E-state index contributed by atoms with van der Waals surface area (Å²) in [6.07, 6.45) is 4.86. The summed E-state index contributed by atoms with van der Waals surface area (Å²) in [6.45, 7) is -0.0304. The number of thioether (sulfide) groups is 1. The summed E-state index contributed by atoms with van der Waals surface area (Å²) in [6, 6.07) is 24.9. The fraction of sp³-hybridized carbons (Fsp3) is 0.0968. The number of amides is 2. The van der Waals surface area contributed by atoms with Crippen molar-refractivity contribution in [1.82, 2.24) is 4.90 Å². The van der Waals surface area contributed by atoms with Crippen LogP contribution in [0.2, 0.25) is 5.02 Å². The van der Waals surface area contributed by atoms with Crippen LogP contribution in [0.3, 0.4) is 0 Å². The third-order valence-electron chi connectivity index (χ3n) is 5.94. The molecule has 1 aromatic heterocycles. The first kappa shape index (κ1) is 28.7. The molecule has 1 aliphatic rings. The standard InChI is InChI=1S/C31H25ClN4O5S/c1-39-25-14-8-21(9-15-25)18-33-35-31-36(19-26-6-4-16-40-26)30(38)28(42-31)17-22-5-2-3-7-27(22)41-20-29(37)34-24-12-10-23(32)11-13-24/h2-18H,19-20H2,1H3,(H,34,37)/b28-17-,33-18+,35-31-. The van der Waals surface area contributed by atoms with Gasteiger partial charge in [-0.1, -0.05) is 29.8 Å². The number of nitrogens with one attached hydrogen (secondary N) is 1. The molecule has 1 aliphatic heterocycles. The Hall–Kier alpha value is -4.80. The highest BCUT2D eigenvalue weighted by Gasteiger charge is 2.34. The minimum Gasteiger partial charge on any atom is -0.497 e. The van der Waals surface area contributed by atoms with E-state index in [0.29, 0.717) is 37.9 Å². The van der Waals surface area contributed by atoms with Gasteiger partial charge in [0.15, 0.2) is 11.8 Å². The Kier molecular flexibility index (Phi) is 9.37. The first-order valence-corrected chi connectivity index (χ1v) is 13.9. The van der Waals surface area contributed by atoms with E-state index < -0.39 is 0 Å². The predicted molar refractivity (Wildman–Crippen MR) is 165 cm³/mol. The third kappa shape index (κ3) is 7.48. The van der Waals surface area contributed by atoms with Crippen molar-refractivity contribution in [3.05, 3.63) is 118 Å². The minimum absolute atomic E-state index is 0.191. The Morgan fingerprint density at radius 1 is 1.05 bits per heavy atom. The zero-order valence-corrected chi connectivity index (χ0v) is 24.0. The first-order valence-electron chi connectivity index (χ1n) is 12.7. The van der Waals surface area contributed by atoms with Crippen LogP contribution < -0.4 is 14.8 Å². The average Bonchev–Trinajstić information content (AvgIpc) is 3.62. The van der Waals surface area contributed by atoms with Gasteiger partial charge in [-0.3, -0.25) is 14.5 Å². The lowest BCUT2D eigenvalue weighted by Gasteiger charge is -2.12. The molecule has 0 unspecified atom stereocenters. The number of para-hydroxylation sites is 1. The quantitative estimate of drug-likeness (QED) is 0.127. The second kappa shape index (κ2) is 13.7. The molecule has 11 heteroatoms. The number of furan rings is 1. The van der Waals surface area contributed by atoms with E-state index in [4.69, 9.17) is 25.5 Å². The molecule has 3 aromatic carbocycles. The molecule has 1 N–H and O–H groups in total. The molecule has 2 heterocycles. The number of nitrogens with zero attached hydrogens (tertiary/aromatic N) is 3. The number of methoxy groups -OCH3 is 1. The van der Waals surface area contributed by atoms with Crippen molar-refractivity contribution in [1.29, 1.82) is 0 Å². The van der Waals surface area contributed by atoms with E-state index in [9.17, 15) is 9.59 Å². The van der Waals surface area contributed by atoms with E-state index >= 15 is 0 Å². The maximum Gasteiger partial charge on any atom is 0.267 e. The molecule has 5 rings (SSSR count). The molecule has 4 aromatic rings. The van der Waals surface area contributed by atoms with Crippen molar-refractivity contribution >= 4 is 58.3 Å². The SMILES string of the molecule is COc1ccc(/C=N/N=C2\S/C(=C\c3ccccc3OCC(=O)Nc3ccc(Cl)cc3)C(=O)N2Cc2ccco2)cc1.